The number of nitrogens with two attached hydrogens (primary N) is 1. The van der Waals surface area contributed by atoms with Crippen molar-refractivity contribution >= 4 is 23.4 Å². The lowest BCUT2D eigenvalue weighted by Gasteiger charge is -2.24. The fourth-order valence-corrected chi connectivity index (χ4v) is 3.47. The molecule has 0 saturated heterocycles. The van der Waals surface area contributed by atoms with E-state index in [9.17, 15) is 19.2 Å². The van der Waals surface area contributed by atoms with Crippen molar-refractivity contribution in [2.75, 3.05) is 37.5 Å². The summed E-state index contributed by atoms with van der Waals surface area (Å²) < 4.78 is 11.5. The van der Waals surface area contributed by atoms with E-state index in [1.54, 1.807) is 12.1 Å². The summed E-state index contributed by atoms with van der Waals surface area (Å²) in [5.41, 5.74) is 5.77. The van der Waals surface area contributed by atoms with Gasteiger partial charge in [0, 0.05) is 25.8 Å². The predicted octanol–water partition coefficient (Wildman–Crippen LogP) is 1.15. The van der Waals surface area contributed by atoms with E-state index in [0.717, 1.165) is 16.9 Å². The second-order valence-corrected chi connectivity index (χ2v) is 7.64. The molecule has 1 aromatic carbocycles. The fourth-order valence-electron chi connectivity index (χ4n) is 3.47. The van der Waals surface area contributed by atoms with Crippen molar-refractivity contribution in [3.8, 4) is 11.3 Å². The Balaban J connectivity index is 1.84. The molecule has 0 saturated carbocycles. The summed E-state index contributed by atoms with van der Waals surface area (Å²) in [6, 6.07) is 9.05. The normalized spacial score (nSPS) is 10.8. The van der Waals surface area contributed by atoms with Crippen LogP contribution >= 0.6 is 0 Å². The summed E-state index contributed by atoms with van der Waals surface area (Å²) in [5, 5.41) is 6.66. The van der Waals surface area contributed by atoms with Crippen molar-refractivity contribution in [1.82, 2.24) is 19.7 Å². The van der Waals surface area contributed by atoms with E-state index in [0.29, 0.717) is 12.1 Å². The Morgan fingerprint density at radius 1 is 1.20 bits per heavy atom. The average molecular weight is 485 g/mol. The molecule has 0 radical (unpaired) electrons. The van der Waals surface area contributed by atoms with E-state index < -0.39 is 29.7 Å². The van der Waals surface area contributed by atoms with Crippen LogP contribution in [0.5, 0.6) is 0 Å². The first-order valence-corrected chi connectivity index (χ1v) is 11.1. The lowest BCUT2D eigenvalue weighted by molar-refractivity contribution is -0.121. The molecule has 35 heavy (non-hydrogen) atoms. The van der Waals surface area contributed by atoms with Crippen molar-refractivity contribution in [3.05, 3.63) is 62.9 Å². The Kier molecular flexibility index (Phi) is 8.57. The minimum absolute atomic E-state index is 0.0485. The van der Waals surface area contributed by atoms with Crippen molar-refractivity contribution < 1.29 is 19.1 Å². The highest BCUT2D eigenvalue weighted by molar-refractivity contribution is 6.00. The Bertz CT molecular complexity index is 1280. The van der Waals surface area contributed by atoms with Crippen LogP contribution in [0.25, 0.3) is 11.3 Å². The number of aromatic amines is 2. The number of unbranched alkanes of at least 4 members (excludes halogenated alkanes) is 1. The number of benzene rings is 1. The van der Waals surface area contributed by atoms with E-state index in [1.165, 1.54) is 17.9 Å². The maximum Gasteiger partial charge on any atom is 0.342 e. The monoisotopic (exact) mass is 484 g/mol. The van der Waals surface area contributed by atoms with Crippen LogP contribution in [0.15, 0.2) is 46.1 Å². The summed E-state index contributed by atoms with van der Waals surface area (Å²) in [7, 11) is 1.43. The number of nitrogens with zero attached hydrogens (tertiary/aromatic N) is 3. The summed E-state index contributed by atoms with van der Waals surface area (Å²) in [4.78, 5) is 53.9. The number of aromatic nitrogens is 4. The average Bonchev–Trinajstić information content (AvgIpc) is 3.35. The maximum atomic E-state index is 13.1. The minimum atomic E-state index is -0.822. The third kappa shape index (κ3) is 5.84. The molecule has 0 spiro atoms. The zero-order valence-corrected chi connectivity index (χ0v) is 19.6. The quantitative estimate of drug-likeness (QED) is 0.341. The van der Waals surface area contributed by atoms with Gasteiger partial charge in [0.2, 0.25) is 0 Å². The molecule has 0 atom stereocenters. The van der Waals surface area contributed by atoms with E-state index >= 15 is 0 Å². The molecule has 2 heterocycles. The topological polar surface area (TPSA) is 165 Å². The summed E-state index contributed by atoms with van der Waals surface area (Å²) in [5.74, 6) is -1.63. The van der Waals surface area contributed by atoms with E-state index in [-0.39, 0.29) is 36.8 Å². The third-order valence-electron chi connectivity index (χ3n) is 5.29. The van der Waals surface area contributed by atoms with Crippen LogP contribution in [0.4, 0.5) is 11.5 Å². The fraction of sp³-hybridized carbons (Fsp3) is 0.348. The second kappa shape index (κ2) is 11.8. The number of amides is 1. The molecular weight excluding hydrogens is 456 g/mol. The Labute approximate surface area is 200 Å². The van der Waals surface area contributed by atoms with Crippen LogP contribution in [-0.4, -0.2) is 58.5 Å². The van der Waals surface area contributed by atoms with Gasteiger partial charge in [0.25, 0.3) is 11.5 Å². The smallest absolute Gasteiger partial charge is 0.342 e. The molecule has 0 aliphatic carbocycles. The Morgan fingerprint density at radius 3 is 2.63 bits per heavy atom. The number of rotatable bonds is 11. The van der Waals surface area contributed by atoms with Gasteiger partial charge in [-0.2, -0.15) is 5.10 Å². The minimum Gasteiger partial charge on any atom is -0.452 e. The van der Waals surface area contributed by atoms with Crippen LogP contribution in [0, 0.1) is 0 Å². The van der Waals surface area contributed by atoms with Gasteiger partial charge in [-0.1, -0.05) is 43.7 Å². The Morgan fingerprint density at radius 2 is 1.94 bits per heavy atom. The largest absolute Gasteiger partial charge is 0.452 e. The van der Waals surface area contributed by atoms with Crippen LogP contribution in [0.3, 0.4) is 0 Å². The van der Waals surface area contributed by atoms with Crippen molar-refractivity contribution in [2.45, 2.75) is 26.3 Å². The number of carbonyl (C=O) groups excluding carboxylic acids is 2. The van der Waals surface area contributed by atoms with Gasteiger partial charge in [-0.3, -0.25) is 29.1 Å². The molecular formula is C23H28N6O6. The molecule has 4 N–H and O–H groups in total. The van der Waals surface area contributed by atoms with Crippen LogP contribution < -0.4 is 21.9 Å². The SMILES string of the molecule is CCCCn1c(N)c(N(CCOC)C(=O)COC(=O)c2cn[nH]c2-c2ccccc2)c(=O)[nH]c1=O. The zero-order valence-electron chi connectivity index (χ0n) is 19.6. The molecule has 2 aromatic heterocycles. The molecule has 0 aliphatic rings. The van der Waals surface area contributed by atoms with Gasteiger partial charge < -0.3 is 15.2 Å². The number of ether oxygens (including phenoxy) is 2. The van der Waals surface area contributed by atoms with Gasteiger partial charge >= 0.3 is 11.7 Å². The number of esters is 1. The second-order valence-electron chi connectivity index (χ2n) is 7.64. The molecule has 12 nitrogen and oxygen atoms in total. The van der Waals surface area contributed by atoms with Gasteiger partial charge in [-0.15, -0.1) is 0 Å². The zero-order chi connectivity index (χ0) is 25.4. The summed E-state index contributed by atoms with van der Waals surface area (Å²) in [6.07, 6.45) is 2.75. The van der Waals surface area contributed by atoms with E-state index in [2.05, 4.69) is 15.2 Å². The van der Waals surface area contributed by atoms with Crippen LogP contribution in [0.2, 0.25) is 0 Å². The number of hydrogen-bond donors (Lipinski definition) is 3. The number of hydrogen-bond acceptors (Lipinski definition) is 8. The molecule has 3 aromatic rings. The number of nitrogens with one attached hydrogen (secondary N) is 2. The van der Waals surface area contributed by atoms with Gasteiger partial charge in [0.1, 0.15) is 11.4 Å². The number of methoxy groups -OCH3 is 1. The first-order valence-electron chi connectivity index (χ1n) is 11.1. The van der Waals surface area contributed by atoms with E-state index in [1.807, 2.05) is 25.1 Å². The summed E-state index contributed by atoms with van der Waals surface area (Å²) in [6.45, 7) is 1.57. The first kappa shape index (κ1) is 25.4. The molecule has 1 amide bonds. The van der Waals surface area contributed by atoms with Crippen molar-refractivity contribution in [2.24, 2.45) is 0 Å². The standard InChI is InChI=1S/C23H28N6O6/c1-3-4-10-29-20(24)19(21(31)26-23(29)33)28(11-12-34-2)17(30)14-35-22(32)16-13-25-27-18(16)15-8-6-5-7-9-15/h5-9,13H,3-4,10-12,14,24H2,1-2H3,(H,25,27)(H,26,31,33). The van der Waals surface area contributed by atoms with Crippen LogP contribution in [0.1, 0.15) is 30.1 Å². The van der Waals surface area contributed by atoms with Crippen molar-refractivity contribution in [1.29, 1.82) is 0 Å². The number of carbonyl (C=O) groups is 2. The van der Waals surface area contributed by atoms with Gasteiger partial charge in [0.05, 0.1) is 18.5 Å². The molecule has 12 heteroatoms. The van der Waals surface area contributed by atoms with Gasteiger partial charge in [-0.05, 0) is 6.42 Å². The molecule has 0 aliphatic heterocycles. The predicted molar refractivity (Wildman–Crippen MR) is 129 cm³/mol. The van der Waals surface area contributed by atoms with Gasteiger partial charge in [0.15, 0.2) is 12.3 Å². The van der Waals surface area contributed by atoms with Gasteiger partial charge in [-0.25, -0.2) is 9.59 Å². The van der Waals surface area contributed by atoms with E-state index in [4.69, 9.17) is 15.2 Å². The van der Waals surface area contributed by atoms with Crippen LogP contribution in [-0.2, 0) is 20.8 Å². The lowest BCUT2D eigenvalue weighted by Crippen LogP contribution is -2.44. The summed E-state index contributed by atoms with van der Waals surface area (Å²) >= 11 is 0. The first-order chi connectivity index (χ1) is 16.9. The molecule has 0 unspecified atom stereocenters. The lowest BCUT2D eigenvalue weighted by atomic mass is 10.1. The molecule has 0 fully saturated rings. The number of H-pyrrole nitrogens is 2. The highest BCUT2D eigenvalue weighted by Gasteiger charge is 2.26. The Hall–Kier alpha value is -4.19. The molecule has 0 bridgehead atoms. The highest BCUT2D eigenvalue weighted by atomic mass is 16.5. The number of anilines is 2. The maximum absolute atomic E-state index is 13.1. The van der Waals surface area contributed by atoms with Crippen molar-refractivity contribution in [3.63, 3.8) is 0 Å². The highest BCUT2D eigenvalue weighted by Crippen LogP contribution is 2.22. The molecule has 3 rings (SSSR count). The molecule has 186 valence electrons. The number of nitrogen functional groups attached to an aromatic ring is 1. The third-order valence-corrected chi connectivity index (χ3v) is 5.29.